The fourth-order valence-corrected chi connectivity index (χ4v) is 3.22. The van der Waals surface area contributed by atoms with E-state index in [1.165, 1.54) is 0 Å². The van der Waals surface area contributed by atoms with Crippen LogP contribution < -0.4 is 5.32 Å². The Morgan fingerprint density at radius 1 is 1.47 bits per heavy atom. The Morgan fingerprint density at radius 3 is 2.59 bits per heavy atom. The number of rotatable bonds is 4. The first-order chi connectivity index (χ1) is 7.95. The topological polar surface area (TPSA) is 29.1 Å². The van der Waals surface area contributed by atoms with Crippen LogP contribution >= 0.6 is 38.5 Å². The van der Waals surface area contributed by atoms with Gasteiger partial charge in [-0.3, -0.25) is 4.79 Å². The zero-order valence-corrected chi connectivity index (χ0v) is 14.0. The molecule has 0 saturated heterocycles. The molecule has 1 N–H and O–H groups in total. The second kappa shape index (κ2) is 6.73. The van der Waals surface area contributed by atoms with Crippen LogP contribution in [0, 0.1) is 12.8 Å². The summed E-state index contributed by atoms with van der Waals surface area (Å²) in [6.07, 6.45) is 0. The monoisotopic (exact) mass is 409 g/mol. The Labute approximate surface area is 125 Å². The van der Waals surface area contributed by atoms with Gasteiger partial charge in [0, 0.05) is 20.5 Å². The van der Waals surface area contributed by atoms with E-state index in [4.69, 9.17) is 0 Å². The molecule has 2 nitrogen and oxygen atoms in total. The summed E-state index contributed by atoms with van der Waals surface area (Å²) in [5.41, 5.74) is 1.75. The van der Waals surface area contributed by atoms with Gasteiger partial charge in [-0.25, -0.2) is 0 Å². The van der Waals surface area contributed by atoms with Gasteiger partial charge in [0.05, 0.1) is 0 Å². The molecule has 0 aliphatic carbocycles. The first-order valence-electron chi connectivity index (χ1n) is 5.58. The highest BCUT2D eigenvalue weighted by Crippen LogP contribution is 2.16. The zero-order valence-electron chi connectivity index (χ0n) is 10.3. The van der Waals surface area contributed by atoms with E-state index in [9.17, 15) is 4.79 Å². The highest BCUT2D eigenvalue weighted by molar-refractivity contribution is 14.1. The third-order valence-electron chi connectivity index (χ3n) is 2.72. The van der Waals surface area contributed by atoms with Gasteiger partial charge in [-0.05, 0) is 36.6 Å². The average Bonchev–Trinajstić information content (AvgIpc) is 2.24. The molecule has 1 atom stereocenters. The van der Waals surface area contributed by atoms with Crippen LogP contribution in [0.25, 0.3) is 0 Å². The van der Waals surface area contributed by atoms with Crippen molar-refractivity contribution in [1.29, 1.82) is 0 Å². The summed E-state index contributed by atoms with van der Waals surface area (Å²) in [5, 5.41) is 3.08. The van der Waals surface area contributed by atoms with Gasteiger partial charge in [0.1, 0.15) is 0 Å². The molecule has 1 unspecified atom stereocenters. The summed E-state index contributed by atoms with van der Waals surface area (Å²) in [6.45, 7) is 6.20. The zero-order chi connectivity index (χ0) is 13.0. The Balaban J connectivity index is 2.82. The minimum absolute atomic E-state index is 0.0189. The molecule has 0 saturated carbocycles. The lowest BCUT2D eigenvalue weighted by Crippen LogP contribution is -2.39. The predicted octanol–water partition coefficient (Wildman–Crippen LogP) is 3.95. The summed E-state index contributed by atoms with van der Waals surface area (Å²) in [7, 11) is 0. The van der Waals surface area contributed by atoms with E-state index < -0.39 is 0 Å². The SMILES string of the molecule is Cc1cc(Br)ccc1C(=O)NC(CI)C(C)C. The van der Waals surface area contributed by atoms with E-state index in [1.807, 2.05) is 25.1 Å². The number of carbonyl (C=O) groups is 1. The largest absolute Gasteiger partial charge is 0.348 e. The minimum atomic E-state index is 0.0189. The summed E-state index contributed by atoms with van der Waals surface area (Å²) in [5.74, 6) is 0.469. The number of carbonyl (C=O) groups excluding carboxylic acids is 1. The first kappa shape index (κ1) is 15.0. The van der Waals surface area contributed by atoms with Gasteiger partial charge in [0.15, 0.2) is 0 Å². The maximum atomic E-state index is 12.1. The van der Waals surface area contributed by atoms with E-state index in [2.05, 4.69) is 57.7 Å². The minimum Gasteiger partial charge on any atom is -0.348 e. The van der Waals surface area contributed by atoms with Crippen LogP contribution in [0.15, 0.2) is 22.7 Å². The van der Waals surface area contributed by atoms with Gasteiger partial charge >= 0.3 is 0 Å². The summed E-state index contributed by atoms with van der Waals surface area (Å²) in [6, 6.07) is 5.95. The van der Waals surface area contributed by atoms with Crippen LogP contribution in [0.1, 0.15) is 29.8 Å². The van der Waals surface area contributed by atoms with Crippen molar-refractivity contribution in [3.8, 4) is 0 Å². The van der Waals surface area contributed by atoms with Crippen molar-refractivity contribution in [2.24, 2.45) is 5.92 Å². The first-order valence-corrected chi connectivity index (χ1v) is 7.90. The standard InChI is InChI=1S/C13H17BrINO/c1-8(2)12(7-15)16-13(17)11-5-4-10(14)6-9(11)3/h4-6,8,12H,7H2,1-3H3,(H,16,17). The predicted molar refractivity (Wildman–Crippen MR) is 83.9 cm³/mol. The van der Waals surface area contributed by atoms with Gasteiger partial charge in [0.25, 0.3) is 5.91 Å². The highest BCUT2D eigenvalue weighted by Gasteiger charge is 2.16. The third-order valence-corrected chi connectivity index (χ3v) is 4.16. The smallest absolute Gasteiger partial charge is 0.251 e. The van der Waals surface area contributed by atoms with Crippen molar-refractivity contribution in [2.75, 3.05) is 4.43 Å². The summed E-state index contributed by atoms with van der Waals surface area (Å²) >= 11 is 5.71. The molecule has 0 heterocycles. The van der Waals surface area contributed by atoms with Crippen molar-refractivity contribution >= 4 is 44.4 Å². The van der Waals surface area contributed by atoms with Crippen LogP contribution in [-0.2, 0) is 0 Å². The van der Waals surface area contributed by atoms with E-state index in [0.29, 0.717) is 5.92 Å². The van der Waals surface area contributed by atoms with Crippen molar-refractivity contribution in [3.63, 3.8) is 0 Å². The quantitative estimate of drug-likeness (QED) is 0.592. The van der Waals surface area contributed by atoms with Crippen LogP contribution in [-0.4, -0.2) is 16.4 Å². The van der Waals surface area contributed by atoms with E-state index >= 15 is 0 Å². The lowest BCUT2D eigenvalue weighted by Gasteiger charge is -2.20. The van der Waals surface area contributed by atoms with Crippen molar-refractivity contribution in [1.82, 2.24) is 5.32 Å². The van der Waals surface area contributed by atoms with Gasteiger partial charge in [-0.15, -0.1) is 0 Å². The van der Waals surface area contributed by atoms with Gasteiger partial charge in [-0.2, -0.15) is 0 Å². The molecule has 4 heteroatoms. The fourth-order valence-electron chi connectivity index (χ4n) is 1.51. The second-order valence-electron chi connectivity index (χ2n) is 4.44. The van der Waals surface area contributed by atoms with Gasteiger partial charge in [0.2, 0.25) is 0 Å². The molecule has 0 aliphatic rings. The number of benzene rings is 1. The normalized spacial score (nSPS) is 12.6. The number of alkyl halides is 1. The molecule has 17 heavy (non-hydrogen) atoms. The van der Waals surface area contributed by atoms with Crippen LogP contribution in [0.2, 0.25) is 0 Å². The summed E-state index contributed by atoms with van der Waals surface area (Å²) in [4.78, 5) is 12.1. The Morgan fingerprint density at radius 2 is 2.12 bits per heavy atom. The lowest BCUT2D eigenvalue weighted by atomic mass is 10.0. The van der Waals surface area contributed by atoms with E-state index in [-0.39, 0.29) is 11.9 Å². The summed E-state index contributed by atoms with van der Waals surface area (Å²) < 4.78 is 1.93. The van der Waals surface area contributed by atoms with Gasteiger partial charge in [-0.1, -0.05) is 52.4 Å². The molecule has 94 valence electrons. The van der Waals surface area contributed by atoms with E-state index in [0.717, 1.165) is 20.0 Å². The van der Waals surface area contributed by atoms with Crippen LogP contribution in [0.3, 0.4) is 0 Å². The molecule has 1 rings (SSSR count). The number of halogens is 2. The molecular formula is C13H17BrINO. The molecule has 1 amide bonds. The Hall–Kier alpha value is -0.100. The lowest BCUT2D eigenvalue weighted by molar-refractivity contribution is 0.0931. The molecule has 0 fully saturated rings. The molecule has 0 aromatic heterocycles. The van der Waals surface area contributed by atoms with Crippen LogP contribution in [0.5, 0.6) is 0 Å². The molecule has 0 spiro atoms. The van der Waals surface area contributed by atoms with E-state index in [1.54, 1.807) is 0 Å². The molecular weight excluding hydrogens is 393 g/mol. The van der Waals surface area contributed by atoms with Crippen molar-refractivity contribution in [3.05, 3.63) is 33.8 Å². The molecule has 1 aromatic rings. The molecule has 0 bridgehead atoms. The number of hydrogen-bond acceptors (Lipinski definition) is 1. The Bertz CT molecular complexity index is 406. The van der Waals surface area contributed by atoms with Crippen molar-refractivity contribution in [2.45, 2.75) is 26.8 Å². The molecule has 0 radical (unpaired) electrons. The second-order valence-corrected chi connectivity index (χ2v) is 6.23. The fraction of sp³-hybridized carbons (Fsp3) is 0.462. The maximum Gasteiger partial charge on any atom is 0.251 e. The number of nitrogens with one attached hydrogen (secondary N) is 1. The third kappa shape index (κ3) is 4.25. The molecule has 0 aliphatic heterocycles. The Kier molecular flexibility index (Phi) is 5.92. The molecule has 1 aromatic carbocycles. The maximum absolute atomic E-state index is 12.1. The van der Waals surface area contributed by atoms with Crippen molar-refractivity contribution < 1.29 is 4.79 Å². The number of hydrogen-bond donors (Lipinski definition) is 1. The van der Waals surface area contributed by atoms with Crippen LogP contribution in [0.4, 0.5) is 0 Å². The number of aryl methyl sites for hydroxylation is 1. The number of amides is 1. The average molecular weight is 410 g/mol. The van der Waals surface area contributed by atoms with Gasteiger partial charge < -0.3 is 5.32 Å². The highest BCUT2D eigenvalue weighted by atomic mass is 127.